The van der Waals surface area contributed by atoms with E-state index >= 15 is 0 Å². The van der Waals surface area contributed by atoms with Gasteiger partial charge in [-0.15, -0.1) is 0 Å². The predicted molar refractivity (Wildman–Crippen MR) is 94.9 cm³/mol. The molecule has 0 fully saturated rings. The van der Waals surface area contributed by atoms with Crippen molar-refractivity contribution in [2.75, 3.05) is 5.32 Å². The Morgan fingerprint density at radius 2 is 1.74 bits per heavy atom. The van der Waals surface area contributed by atoms with E-state index in [1.165, 1.54) is 0 Å². The molecule has 0 aliphatic carbocycles. The van der Waals surface area contributed by atoms with Crippen LogP contribution in [0.25, 0.3) is 0 Å². The van der Waals surface area contributed by atoms with Gasteiger partial charge in [0.15, 0.2) is 5.75 Å². The van der Waals surface area contributed by atoms with Gasteiger partial charge in [0.05, 0.1) is 5.69 Å². The number of ether oxygens (including phenoxy) is 1. The van der Waals surface area contributed by atoms with E-state index in [1.54, 1.807) is 0 Å². The van der Waals surface area contributed by atoms with Crippen LogP contribution in [0.15, 0.2) is 54.6 Å². The maximum absolute atomic E-state index is 12.5. The van der Waals surface area contributed by atoms with Gasteiger partial charge in [-0.2, -0.15) is 0 Å². The largest absolute Gasteiger partial charge is 0.455 e. The molecule has 0 aliphatic heterocycles. The fourth-order valence-electron chi connectivity index (χ4n) is 2.48. The maximum Gasteiger partial charge on any atom is 0.227 e. The molecular weight excluding hydrogens is 286 g/mol. The molecule has 2 rings (SSSR count). The highest BCUT2D eigenvalue weighted by Crippen LogP contribution is 2.30. The summed E-state index contributed by atoms with van der Waals surface area (Å²) in [6.45, 7) is 4.21. The van der Waals surface area contributed by atoms with Gasteiger partial charge in [0.25, 0.3) is 0 Å². The third-order valence-corrected chi connectivity index (χ3v) is 3.89. The van der Waals surface area contributed by atoms with Crippen molar-refractivity contribution in [3.63, 3.8) is 0 Å². The van der Waals surface area contributed by atoms with E-state index in [4.69, 9.17) is 4.74 Å². The minimum Gasteiger partial charge on any atom is -0.455 e. The van der Waals surface area contributed by atoms with Crippen LogP contribution in [0.4, 0.5) is 5.69 Å². The number of anilines is 1. The Bertz CT molecular complexity index is 610. The summed E-state index contributed by atoms with van der Waals surface area (Å²) in [5.74, 6) is 1.55. The summed E-state index contributed by atoms with van der Waals surface area (Å²) < 4.78 is 5.89. The van der Waals surface area contributed by atoms with Gasteiger partial charge in [-0.3, -0.25) is 4.79 Å². The molecule has 0 spiro atoms. The monoisotopic (exact) mass is 311 g/mol. The van der Waals surface area contributed by atoms with Gasteiger partial charge in [0, 0.05) is 5.92 Å². The van der Waals surface area contributed by atoms with E-state index in [2.05, 4.69) is 19.2 Å². The van der Waals surface area contributed by atoms with Crippen LogP contribution in [0, 0.1) is 5.92 Å². The molecule has 0 heterocycles. The standard InChI is InChI=1S/C20H25NO2/c1-3-5-11-16(4-2)20(22)21-18-14-9-10-15-19(18)23-17-12-7-6-8-13-17/h6-10,12-16H,3-5,11H2,1-2H3,(H,21,22). The average Bonchev–Trinajstić information content (AvgIpc) is 2.58. The zero-order valence-corrected chi connectivity index (χ0v) is 13.9. The highest BCUT2D eigenvalue weighted by Gasteiger charge is 2.17. The number of hydrogen-bond donors (Lipinski definition) is 1. The fourth-order valence-corrected chi connectivity index (χ4v) is 2.48. The topological polar surface area (TPSA) is 38.3 Å². The third kappa shape index (κ3) is 5.13. The molecule has 0 aromatic heterocycles. The molecule has 1 N–H and O–H groups in total. The first-order chi connectivity index (χ1) is 11.2. The number of unbranched alkanes of at least 4 members (excludes halogenated alkanes) is 1. The summed E-state index contributed by atoms with van der Waals surface area (Å²) in [6, 6.07) is 17.1. The smallest absolute Gasteiger partial charge is 0.227 e. The minimum atomic E-state index is 0.0553. The van der Waals surface area contributed by atoms with E-state index in [-0.39, 0.29) is 11.8 Å². The van der Waals surface area contributed by atoms with E-state index in [1.807, 2.05) is 54.6 Å². The number of rotatable bonds is 8. The van der Waals surface area contributed by atoms with Gasteiger partial charge in [0.2, 0.25) is 5.91 Å². The number of hydrogen-bond acceptors (Lipinski definition) is 2. The highest BCUT2D eigenvalue weighted by atomic mass is 16.5. The van der Waals surface area contributed by atoms with Crippen molar-refractivity contribution in [3.8, 4) is 11.5 Å². The van der Waals surface area contributed by atoms with Crippen molar-refractivity contribution < 1.29 is 9.53 Å². The highest BCUT2D eigenvalue weighted by molar-refractivity contribution is 5.93. The number of nitrogens with one attached hydrogen (secondary N) is 1. The summed E-state index contributed by atoms with van der Waals surface area (Å²) >= 11 is 0. The molecule has 0 saturated carbocycles. The summed E-state index contributed by atoms with van der Waals surface area (Å²) in [4.78, 5) is 12.5. The van der Waals surface area contributed by atoms with Crippen molar-refractivity contribution in [3.05, 3.63) is 54.6 Å². The molecule has 1 unspecified atom stereocenters. The molecule has 122 valence electrons. The normalized spacial score (nSPS) is 11.7. The molecule has 1 atom stereocenters. The number of benzene rings is 2. The SMILES string of the molecule is CCCCC(CC)C(=O)Nc1ccccc1Oc1ccccc1. The summed E-state index contributed by atoms with van der Waals surface area (Å²) in [5.41, 5.74) is 0.719. The Kier molecular flexibility index (Phi) is 6.67. The van der Waals surface area contributed by atoms with Gasteiger partial charge in [-0.1, -0.05) is 57.0 Å². The number of carbonyl (C=O) groups is 1. The molecular formula is C20H25NO2. The first-order valence-corrected chi connectivity index (χ1v) is 8.37. The lowest BCUT2D eigenvalue weighted by Crippen LogP contribution is -2.22. The minimum absolute atomic E-state index is 0.0553. The van der Waals surface area contributed by atoms with Crippen LogP contribution in [0.2, 0.25) is 0 Å². The van der Waals surface area contributed by atoms with Crippen molar-refractivity contribution >= 4 is 11.6 Å². The van der Waals surface area contributed by atoms with Gasteiger partial charge in [-0.25, -0.2) is 0 Å². The maximum atomic E-state index is 12.5. The summed E-state index contributed by atoms with van der Waals surface area (Å²) in [6.07, 6.45) is 3.97. The van der Waals surface area contributed by atoms with Crippen LogP contribution in [-0.2, 0) is 4.79 Å². The molecule has 0 bridgehead atoms. The Morgan fingerprint density at radius 1 is 1.04 bits per heavy atom. The van der Waals surface area contributed by atoms with Gasteiger partial charge in [-0.05, 0) is 37.1 Å². The Labute approximate surface area is 138 Å². The van der Waals surface area contributed by atoms with E-state index in [0.29, 0.717) is 5.75 Å². The zero-order chi connectivity index (χ0) is 16.5. The second-order valence-electron chi connectivity index (χ2n) is 5.65. The van der Waals surface area contributed by atoms with Gasteiger partial charge in [0.1, 0.15) is 5.75 Å². The van der Waals surface area contributed by atoms with Crippen LogP contribution in [0.3, 0.4) is 0 Å². The third-order valence-electron chi connectivity index (χ3n) is 3.89. The summed E-state index contributed by atoms with van der Waals surface area (Å²) in [7, 11) is 0. The van der Waals surface area contributed by atoms with Crippen molar-refractivity contribution in [1.82, 2.24) is 0 Å². The lowest BCUT2D eigenvalue weighted by molar-refractivity contribution is -0.120. The van der Waals surface area contributed by atoms with Gasteiger partial charge < -0.3 is 10.1 Å². The van der Waals surface area contributed by atoms with Crippen LogP contribution in [0.5, 0.6) is 11.5 Å². The second-order valence-corrected chi connectivity index (χ2v) is 5.65. The molecule has 3 heteroatoms. The fraction of sp³-hybridized carbons (Fsp3) is 0.350. The zero-order valence-electron chi connectivity index (χ0n) is 13.9. The lowest BCUT2D eigenvalue weighted by atomic mass is 9.98. The molecule has 3 nitrogen and oxygen atoms in total. The molecule has 2 aromatic carbocycles. The van der Waals surface area contributed by atoms with E-state index in [0.717, 1.165) is 37.1 Å². The molecule has 0 radical (unpaired) electrons. The van der Waals surface area contributed by atoms with Crippen LogP contribution in [-0.4, -0.2) is 5.91 Å². The number of para-hydroxylation sites is 3. The molecule has 1 amide bonds. The first kappa shape index (κ1) is 17.1. The molecule has 0 saturated heterocycles. The van der Waals surface area contributed by atoms with E-state index < -0.39 is 0 Å². The lowest BCUT2D eigenvalue weighted by Gasteiger charge is -2.17. The van der Waals surface area contributed by atoms with Crippen molar-refractivity contribution in [2.45, 2.75) is 39.5 Å². The second kappa shape index (κ2) is 8.99. The average molecular weight is 311 g/mol. The Balaban J connectivity index is 2.09. The predicted octanol–water partition coefficient (Wildman–Crippen LogP) is 5.63. The van der Waals surface area contributed by atoms with Crippen molar-refractivity contribution in [2.24, 2.45) is 5.92 Å². The Morgan fingerprint density at radius 3 is 2.43 bits per heavy atom. The van der Waals surface area contributed by atoms with Crippen LogP contribution < -0.4 is 10.1 Å². The van der Waals surface area contributed by atoms with E-state index in [9.17, 15) is 4.79 Å². The number of carbonyl (C=O) groups excluding carboxylic acids is 1. The molecule has 2 aromatic rings. The first-order valence-electron chi connectivity index (χ1n) is 8.37. The van der Waals surface area contributed by atoms with Crippen LogP contribution >= 0.6 is 0 Å². The van der Waals surface area contributed by atoms with Gasteiger partial charge >= 0.3 is 0 Å². The number of amides is 1. The van der Waals surface area contributed by atoms with Crippen molar-refractivity contribution in [1.29, 1.82) is 0 Å². The quantitative estimate of drug-likeness (QED) is 0.685. The summed E-state index contributed by atoms with van der Waals surface area (Å²) in [5, 5.41) is 3.03. The molecule has 0 aliphatic rings. The van der Waals surface area contributed by atoms with Crippen LogP contribution in [0.1, 0.15) is 39.5 Å². The molecule has 23 heavy (non-hydrogen) atoms. The Hall–Kier alpha value is -2.29.